The van der Waals surface area contributed by atoms with Crippen LogP contribution >= 0.6 is 0 Å². The summed E-state index contributed by atoms with van der Waals surface area (Å²) in [6, 6.07) is -1.11. The summed E-state index contributed by atoms with van der Waals surface area (Å²) in [5, 5.41) is 12.0. The average molecular weight is 1090 g/mol. The van der Waals surface area contributed by atoms with Crippen LogP contribution in [0.5, 0.6) is 0 Å². The molecule has 454 valence electrons. The Bertz CT molecular complexity index is 1280. The predicted molar refractivity (Wildman–Crippen MR) is 322 cm³/mol. The Morgan fingerprint density at radius 2 is 0.868 bits per heavy atom. The SMILES string of the molecule is CCCCCC(N)C(=O)NC.CCCNCCN(CCN(CCN)CCN)CCN(CCCCN)CCCCCN(CCC)CCN.CNC(CCCCN)C(=O)CC(CCCCN)C(=O)NC(CCCCN)C(C)=O. The Morgan fingerprint density at radius 3 is 1.32 bits per heavy atom. The van der Waals surface area contributed by atoms with Crippen LogP contribution in [0, 0.1) is 5.92 Å². The molecular formula is C56H126N16O4. The van der Waals surface area contributed by atoms with E-state index in [1.165, 1.54) is 71.5 Å². The molecule has 0 aromatic carbocycles. The van der Waals surface area contributed by atoms with Crippen LogP contribution in [0.3, 0.4) is 0 Å². The topological polar surface area (TPSA) is 338 Å². The van der Waals surface area contributed by atoms with E-state index in [0.29, 0.717) is 52.0 Å². The highest BCUT2D eigenvalue weighted by Crippen LogP contribution is 2.18. The number of Topliss-reactive ketones (excluding diaryl/α,β-unsaturated/α-hetero) is 2. The van der Waals surface area contributed by atoms with Crippen LogP contribution in [0.4, 0.5) is 0 Å². The molecule has 0 radical (unpaired) electrons. The van der Waals surface area contributed by atoms with E-state index in [9.17, 15) is 19.2 Å². The molecule has 0 saturated heterocycles. The van der Waals surface area contributed by atoms with Crippen molar-refractivity contribution in [3.63, 3.8) is 0 Å². The average Bonchev–Trinajstić information content (AvgIpc) is 3.40. The molecule has 20 nitrogen and oxygen atoms in total. The standard InChI is InChI=1S/C27H65N9.C21H43N5O3.C8H18N2O/c1-3-14-32-15-23-36(27-25-35(21-12-30)22-13-31)26-24-34(19-9-6-10-28)18-8-5-7-17-33(16-4-2)20-11-29;1-16(27)18(10-4-7-13-23)26-21(29)17(9-3-6-12-22)15-20(28)19(25-2)11-5-8-14-24;1-3-4-5-6-7(9)8(11)10-2/h32H,3-31H2,1-2H3;17-19,25H,3-15,22-24H2,1-2H3,(H,26,29);7H,3-6,9H2,1-2H3,(H,10,11). The summed E-state index contributed by atoms with van der Waals surface area (Å²) in [6.45, 7) is 27.8. The lowest BCUT2D eigenvalue weighted by atomic mass is 9.90. The minimum absolute atomic E-state index is 0.0277. The largest absolute Gasteiger partial charge is 0.358 e. The molecule has 0 saturated carbocycles. The third-order valence-electron chi connectivity index (χ3n) is 13.7. The molecule has 0 aliphatic carbocycles. The molecule has 4 atom stereocenters. The van der Waals surface area contributed by atoms with Crippen molar-refractivity contribution in [1.29, 1.82) is 0 Å². The van der Waals surface area contributed by atoms with Crippen molar-refractivity contribution >= 4 is 23.4 Å². The summed E-state index contributed by atoms with van der Waals surface area (Å²) in [6.07, 6.45) is 19.6. The lowest BCUT2D eigenvalue weighted by Crippen LogP contribution is -2.44. The second-order valence-electron chi connectivity index (χ2n) is 20.5. The van der Waals surface area contributed by atoms with Gasteiger partial charge in [0.25, 0.3) is 0 Å². The minimum atomic E-state index is -0.522. The van der Waals surface area contributed by atoms with E-state index in [0.717, 1.165) is 149 Å². The van der Waals surface area contributed by atoms with E-state index in [2.05, 4.69) is 61.6 Å². The molecule has 20 N–H and O–H groups in total. The van der Waals surface area contributed by atoms with E-state index in [1.807, 2.05) is 0 Å². The van der Waals surface area contributed by atoms with Gasteiger partial charge in [-0.05, 0) is 163 Å². The van der Waals surface area contributed by atoms with E-state index < -0.39 is 12.0 Å². The van der Waals surface area contributed by atoms with Crippen molar-refractivity contribution in [3.05, 3.63) is 0 Å². The summed E-state index contributed by atoms with van der Waals surface area (Å²) in [5.41, 5.74) is 45.4. The van der Waals surface area contributed by atoms with Crippen LogP contribution in [-0.2, 0) is 19.2 Å². The monoisotopic (exact) mass is 1090 g/mol. The molecule has 4 unspecified atom stereocenters. The van der Waals surface area contributed by atoms with Gasteiger partial charge in [0.1, 0.15) is 0 Å². The molecule has 76 heavy (non-hydrogen) atoms. The molecule has 0 aliphatic heterocycles. The Balaban J connectivity index is -0.00000119. The molecule has 0 spiro atoms. The normalized spacial score (nSPS) is 13.0. The van der Waals surface area contributed by atoms with Gasteiger partial charge in [0, 0.05) is 97.9 Å². The van der Waals surface area contributed by atoms with Gasteiger partial charge in [0.2, 0.25) is 11.8 Å². The lowest BCUT2D eigenvalue weighted by molar-refractivity contribution is -0.132. The number of carbonyl (C=O) groups excluding carboxylic acids is 4. The van der Waals surface area contributed by atoms with E-state index in [1.54, 1.807) is 14.1 Å². The van der Waals surface area contributed by atoms with Gasteiger partial charge >= 0.3 is 0 Å². The molecule has 0 aliphatic rings. The van der Waals surface area contributed by atoms with Gasteiger partial charge < -0.3 is 76.9 Å². The Hall–Kier alpha value is -2.28. The molecule has 0 aromatic rings. The first-order valence-corrected chi connectivity index (χ1v) is 30.3. The van der Waals surface area contributed by atoms with Gasteiger partial charge in [0.05, 0.1) is 18.1 Å². The second-order valence-corrected chi connectivity index (χ2v) is 20.5. The second kappa shape index (κ2) is 58.9. The van der Waals surface area contributed by atoms with Gasteiger partial charge in [-0.25, -0.2) is 0 Å². The molecular weight excluding hydrogens is 961 g/mol. The number of ketones is 2. The van der Waals surface area contributed by atoms with Crippen LogP contribution < -0.4 is 67.1 Å². The minimum Gasteiger partial charge on any atom is -0.358 e. The number of nitrogens with two attached hydrogens (primary N) is 8. The summed E-state index contributed by atoms with van der Waals surface area (Å²) in [4.78, 5) is 58.7. The van der Waals surface area contributed by atoms with Crippen molar-refractivity contribution in [2.24, 2.45) is 51.8 Å². The quantitative estimate of drug-likeness (QED) is 0.0385. The molecule has 0 fully saturated rings. The number of unbranched alkanes of at least 4 members (excludes halogenated alkanes) is 8. The first kappa shape index (κ1) is 77.9. The summed E-state index contributed by atoms with van der Waals surface area (Å²) in [7, 11) is 3.37. The van der Waals surface area contributed by atoms with Crippen molar-refractivity contribution in [2.45, 2.75) is 181 Å². The maximum atomic E-state index is 12.9. The Morgan fingerprint density at radius 1 is 0.421 bits per heavy atom. The van der Waals surface area contributed by atoms with Gasteiger partial charge in [-0.2, -0.15) is 0 Å². The fraction of sp³-hybridized carbons (Fsp3) is 0.929. The lowest BCUT2D eigenvalue weighted by Gasteiger charge is -2.30. The number of carbonyl (C=O) groups is 4. The highest BCUT2D eigenvalue weighted by Gasteiger charge is 2.28. The fourth-order valence-electron chi connectivity index (χ4n) is 8.93. The highest BCUT2D eigenvalue weighted by atomic mass is 16.2. The number of nitrogens with zero attached hydrogens (tertiary/aromatic N) is 4. The van der Waals surface area contributed by atoms with Crippen LogP contribution in [0.2, 0.25) is 0 Å². The van der Waals surface area contributed by atoms with Gasteiger partial charge in [-0.15, -0.1) is 0 Å². The van der Waals surface area contributed by atoms with Crippen molar-refractivity contribution < 1.29 is 19.2 Å². The third-order valence-corrected chi connectivity index (χ3v) is 13.7. The molecule has 0 rings (SSSR count). The molecule has 0 heterocycles. The smallest absolute Gasteiger partial charge is 0.236 e. The van der Waals surface area contributed by atoms with Crippen molar-refractivity contribution in [2.75, 3.05) is 152 Å². The number of nitrogens with one attached hydrogen (secondary N) is 4. The molecule has 20 heteroatoms. The Labute approximate surface area is 465 Å². The zero-order valence-corrected chi connectivity index (χ0v) is 50.0. The third kappa shape index (κ3) is 47.7. The van der Waals surface area contributed by atoms with Crippen LogP contribution in [0.15, 0.2) is 0 Å². The van der Waals surface area contributed by atoms with E-state index >= 15 is 0 Å². The number of rotatable bonds is 53. The molecule has 0 aromatic heterocycles. The van der Waals surface area contributed by atoms with Gasteiger partial charge in [-0.3, -0.25) is 29.0 Å². The number of hydrogen-bond acceptors (Lipinski definition) is 18. The number of likely N-dealkylation sites (N-methyl/N-ethyl adjacent to an activating group) is 2. The van der Waals surface area contributed by atoms with E-state index in [-0.39, 0.29) is 41.9 Å². The van der Waals surface area contributed by atoms with Crippen molar-refractivity contribution in [3.8, 4) is 0 Å². The van der Waals surface area contributed by atoms with Gasteiger partial charge in [0.15, 0.2) is 11.6 Å². The zero-order chi connectivity index (χ0) is 57.5. The summed E-state index contributed by atoms with van der Waals surface area (Å²) < 4.78 is 0. The maximum absolute atomic E-state index is 12.9. The summed E-state index contributed by atoms with van der Waals surface area (Å²) in [5.74, 6) is -0.769. The van der Waals surface area contributed by atoms with Crippen LogP contribution in [-0.4, -0.2) is 213 Å². The predicted octanol–water partition coefficient (Wildman–Crippen LogP) is 1.64. The van der Waals surface area contributed by atoms with Crippen LogP contribution in [0.1, 0.15) is 163 Å². The Kier molecular flexibility index (Phi) is 60.4. The summed E-state index contributed by atoms with van der Waals surface area (Å²) >= 11 is 0. The van der Waals surface area contributed by atoms with Crippen LogP contribution in [0.25, 0.3) is 0 Å². The molecule has 2 amide bonds. The first-order valence-electron chi connectivity index (χ1n) is 30.3. The fourth-order valence-corrected chi connectivity index (χ4v) is 8.93. The number of hydrogen-bond donors (Lipinski definition) is 12. The van der Waals surface area contributed by atoms with Crippen molar-refractivity contribution in [1.82, 2.24) is 40.9 Å². The molecule has 0 bridgehead atoms. The van der Waals surface area contributed by atoms with E-state index in [4.69, 9.17) is 45.9 Å². The first-order chi connectivity index (χ1) is 36.8. The van der Waals surface area contributed by atoms with Gasteiger partial charge in [-0.1, -0.05) is 59.3 Å². The maximum Gasteiger partial charge on any atom is 0.236 e. The highest BCUT2D eigenvalue weighted by molar-refractivity contribution is 5.92. The zero-order valence-electron chi connectivity index (χ0n) is 50.0. The number of amides is 2.